The summed E-state index contributed by atoms with van der Waals surface area (Å²) in [5.74, 6) is -0.976. The summed E-state index contributed by atoms with van der Waals surface area (Å²) in [5.41, 5.74) is 1.03. The van der Waals surface area contributed by atoms with Crippen molar-refractivity contribution in [3.8, 4) is 5.88 Å². The zero-order valence-electron chi connectivity index (χ0n) is 22.0. The van der Waals surface area contributed by atoms with Crippen molar-refractivity contribution in [1.82, 2.24) is 9.71 Å². The number of halogens is 1. The molecule has 3 aromatic rings. The molecule has 0 unspecified atom stereocenters. The Morgan fingerprint density at radius 2 is 1.84 bits per heavy atom. The van der Waals surface area contributed by atoms with Gasteiger partial charge in [0.1, 0.15) is 17.5 Å². The predicted octanol–water partition coefficient (Wildman–Crippen LogP) is 4.31. The molecule has 10 heteroatoms. The first kappa shape index (κ1) is 27.7. The monoisotopic (exact) mass is 541 g/mol. The molecule has 0 saturated carbocycles. The fourth-order valence-electron chi connectivity index (χ4n) is 4.45. The number of anilines is 1. The van der Waals surface area contributed by atoms with Crippen molar-refractivity contribution in [2.45, 2.75) is 63.7 Å². The van der Waals surface area contributed by atoms with E-state index in [4.69, 9.17) is 4.74 Å². The van der Waals surface area contributed by atoms with E-state index in [9.17, 15) is 22.7 Å². The molecule has 2 atom stereocenters. The summed E-state index contributed by atoms with van der Waals surface area (Å²) < 4.78 is 49.7. The van der Waals surface area contributed by atoms with E-state index in [1.54, 1.807) is 52.0 Å². The highest BCUT2D eigenvalue weighted by molar-refractivity contribution is 7.89. The number of aryl methyl sites for hydroxylation is 2. The van der Waals surface area contributed by atoms with Crippen molar-refractivity contribution < 1.29 is 27.4 Å². The Balaban J connectivity index is 1.74. The molecule has 1 aliphatic heterocycles. The predicted molar refractivity (Wildman–Crippen MR) is 142 cm³/mol. The third-order valence-electron chi connectivity index (χ3n) is 6.73. The molecule has 202 valence electrons. The van der Waals surface area contributed by atoms with Gasteiger partial charge in [-0.25, -0.2) is 22.5 Å². The summed E-state index contributed by atoms with van der Waals surface area (Å²) in [7, 11) is -4.06. The first-order chi connectivity index (χ1) is 17.9. The van der Waals surface area contributed by atoms with E-state index < -0.39 is 39.5 Å². The lowest BCUT2D eigenvalue weighted by Gasteiger charge is -2.41. The van der Waals surface area contributed by atoms with E-state index >= 15 is 0 Å². The van der Waals surface area contributed by atoms with Gasteiger partial charge in [-0.05, 0) is 75.6 Å². The van der Waals surface area contributed by atoms with Gasteiger partial charge in [0, 0.05) is 18.3 Å². The zero-order chi connectivity index (χ0) is 27.8. The summed E-state index contributed by atoms with van der Waals surface area (Å²) >= 11 is 0. The summed E-state index contributed by atoms with van der Waals surface area (Å²) in [4.78, 5) is 19.1. The molecular weight excluding hydrogens is 509 g/mol. The maximum atomic E-state index is 14.6. The molecule has 0 bridgehead atoms. The average molecular weight is 542 g/mol. The summed E-state index contributed by atoms with van der Waals surface area (Å²) in [6, 6.07) is 11.3. The number of carbonyl (C=O) groups excluding carboxylic acids is 1. The highest BCUT2D eigenvalue weighted by Gasteiger charge is 2.45. The summed E-state index contributed by atoms with van der Waals surface area (Å²) in [5, 5.41) is 11.1. The van der Waals surface area contributed by atoms with Gasteiger partial charge in [0.25, 0.3) is 5.91 Å². The largest absolute Gasteiger partial charge is 0.469 e. The van der Waals surface area contributed by atoms with Crippen molar-refractivity contribution in [3.63, 3.8) is 0 Å². The zero-order valence-corrected chi connectivity index (χ0v) is 22.8. The Bertz CT molecular complexity index is 1460. The highest BCUT2D eigenvalue weighted by Crippen LogP contribution is 2.40. The molecule has 38 heavy (non-hydrogen) atoms. The molecule has 1 amide bonds. The summed E-state index contributed by atoms with van der Waals surface area (Å²) in [6.45, 7) is 8.93. The maximum absolute atomic E-state index is 14.6. The van der Waals surface area contributed by atoms with E-state index in [2.05, 4.69) is 9.71 Å². The van der Waals surface area contributed by atoms with E-state index in [-0.39, 0.29) is 34.1 Å². The third-order valence-corrected chi connectivity index (χ3v) is 8.18. The minimum atomic E-state index is -4.06. The lowest BCUT2D eigenvalue weighted by atomic mass is 9.88. The fourth-order valence-corrected chi connectivity index (χ4v) is 5.67. The molecular formula is C28H32FN3O5S. The Hall–Kier alpha value is -3.34. The molecule has 4 rings (SSSR count). The molecule has 2 aromatic carbocycles. The number of aliphatic hydroxyl groups is 1. The van der Waals surface area contributed by atoms with Gasteiger partial charge in [0.15, 0.2) is 0 Å². The van der Waals surface area contributed by atoms with Crippen LogP contribution in [0, 0.1) is 12.7 Å². The smallest absolute Gasteiger partial charge is 0.259 e. The number of nitrogens with one attached hydrogen (secondary N) is 1. The van der Waals surface area contributed by atoms with Crippen LogP contribution in [-0.4, -0.2) is 42.7 Å². The van der Waals surface area contributed by atoms with Crippen LogP contribution in [0.4, 0.5) is 10.1 Å². The number of amides is 1. The van der Waals surface area contributed by atoms with Gasteiger partial charge in [-0.3, -0.25) is 4.79 Å². The minimum Gasteiger partial charge on any atom is -0.469 e. The number of sulfonamides is 1. The molecule has 1 aromatic heterocycles. The van der Waals surface area contributed by atoms with Crippen molar-refractivity contribution >= 4 is 21.6 Å². The quantitative estimate of drug-likeness (QED) is 0.462. The number of hydrogen-bond donors (Lipinski definition) is 2. The van der Waals surface area contributed by atoms with E-state index in [0.717, 1.165) is 17.5 Å². The number of aromatic nitrogens is 1. The number of nitrogens with zero attached hydrogens (tertiary/aromatic N) is 2. The van der Waals surface area contributed by atoms with Gasteiger partial charge in [-0.1, -0.05) is 25.1 Å². The van der Waals surface area contributed by atoms with Crippen LogP contribution in [0.25, 0.3) is 0 Å². The number of carbonyl (C=O) groups is 1. The number of aliphatic hydroxyl groups excluding tert-OH is 1. The minimum absolute atomic E-state index is 0.0417. The molecule has 0 radical (unpaired) electrons. The van der Waals surface area contributed by atoms with Crippen LogP contribution in [0.3, 0.4) is 0 Å². The normalized spacial score (nSPS) is 18.4. The molecule has 8 nitrogen and oxygen atoms in total. The van der Waals surface area contributed by atoms with Crippen molar-refractivity contribution in [2.24, 2.45) is 0 Å². The SMILES string of the molecule is CCc1ccc(S(=O)(=O)N[C@@H]2c3cc(C(=O)N(CC)c4cc(C)ccc4F)cnc3OC(C)(C)[C@H]2O)cc1. The first-order valence-corrected chi connectivity index (χ1v) is 13.9. The lowest BCUT2D eigenvalue weighted by Crippen LogP contribution is -2.53. The fraction of sp³-hybridized carbons (Fsp3) is 0.357. The molecule has 0 saturated heterocycles. The van der Waals surface area contributed by atoms with Crippen LogP contribution < -0.4 is 14.4 Å². The Labute approximate surface area is 222 Å². The van der Waals surface area contributed by atoms with Gasteiger partial charge in [0.2, 0.25) is 15.9 Å². The second-order valence-electron chi connectivity index (χ2n) is 9.87. The van der Waals surface area contributed by atoms with Gasteiger partial charge >= 0.3 is 0 Å². The number of rotatable bonds is 7. The van der Waals surface area contributed by atoms with Crippen LogP contribution in [0.15, 0.2) is 59.6 Å². The first-order valence-electron chi connectivity index (χ1n) is 12.4. The van der Waals surface area contributed by atoms with Crippen molar-refractivity contribution in [3.05, 3.63) is 82.8 Å². The lowest BCUT2D eigenvalue weighted by molar-refractivity contribution is -0.0632. The number of benzene rings is 2. The highest BCUT2D eigenvalue weighted by atomic mass is 32.2. The molecule has 0 aliphatic carbocycles. The Morgan fingerprint density at radius 1 is 1.16 bits per heavy atom. The second-order valence-corrected chi connectivity index (χ2v) is 11.6. The van der Waals surface area contributed by atoms with Crippen LogP contribution in [-0.2, 0) is 16.4 Å². The molecule has 2 heterocycles. The summed E-state index contributed by atoms with van der Waals surface area (Å²) in [6.07, 6.45) is 0.765. The topological polar surface area (TPSA) is 109 Å². The molecule has 0 fully saturated rings. The standard InChI is InChI=1S/C28H32FN3O5S/c1-6-18-9-11-20(12-10-18)38(35,36)31-24-21-15-19(16-30-26(21)37-28(4,5)25(24)33)27(34)32(7-2)23-14-17(3)8-13-22(23)29/h8-16,24-25,31,33H,6-7H2,1-5H3/t24-,25+/m1/s1. The number of hydrogen-bond acceptors (Lipinski definition) is 6. The van der Waals surface area contributed by atoms with Gasteiger partial charge in [-0.15, -0.1) is 0 Å². The van der Waals surface area contributed by atoms with Crippen LogP contribution in [0.5, 0.6) is 5.88 Å². The van der Waals surface area contributed by atoms with E-state index in [1.807, 2.05) is 6.92 Å². The second kappa shape index (κ2) is 10.4. The van der Waals surface area contributed by atoms with Crippen LogP contribution >= 0.6 is 0 Å². The molecule has 0 spiro atoms. The van der Waals surface area contributed by atoms with Crippen LogP contribution in [0.1, 0.15) is 60.8 Å². The van der Waals surface area contributed by atoms with E-state index in [1.165, 1.54) is 35.4 Å². The molecule has 2 N–H and O–H groups in total. The van der Waals surface area contributed by atoms with Gasteiger partial charge < -0.3 is 14.7 Å². The van der Waals surface area contributed by atoms with Gasteiger partial charge in [-0.2, -0.15) is 0 Å². The number of fused-ring (bicyclic) bond motifs is 1. The van der Waals surface area contributed by atoms with E-state index in [0.29, 0.717) is 0 Å². The van der Waals surface area contributed by atoms with Crippen molar-refractivity contribution in [2.75, 3.05) is 11.4 Å². The van der Waals surface area contributed by atoms with Crippen molar-refractivity contribution in [1.29, 1.82) is 0 Å². The Kier molecular flexibility index (Phi) is 7.60. The van der Waals surface area contributed by atoms with Gasteiger partial charge in [0.05, 0.1) is 22.2 Å². The maximum Gasteiger partial charge on any atom is 0.259 e. The number of ether oxygens (including phenoxy) is 1. The molecule has 1 aliphatic rings. The number of pyridine rings is 1. The van der Waals surface area contributed by atoms with Crippen LogP contribution in [0.2, 0.25) is 0 Å². The Morgan fingerprint density at radius 3 is 2.47 bits per heavy atom. The average Bonchev–Trinajstić information content (AvgIpc) is 2.88. The third kappa shape index (κ3) is 5.29.